The number of hydrogen-bond donors (Lipinski definition) is 2. The third kappa shape index (κ3) is 2.10. The van der Waals surface area contributed by atoms with E-state index in [0.29, 0.717) is 17.3 Å². The molecule has 3 N–H and O–H groups in total. The lowest BCUT2D eigenvalue weighted by Crippen LogP contribution is -2.27. The lowest BCUT2D eigenvalue weighted by molar-refractivity contribution is 0.0601. The summed E-state index contributed by atoms with van der Waals surface area (Å²) in [5, 5.41) is 3.35. The first-order valence-electron chi connectivity index (χ1n) is 5.45. The summed E-state index contributed by atoms with van der Waals surface area (Å²) in [6.45, 7) is 0. The fraction of sp³-hybridized carbons (Fsp3) is 0.417. The summed E-state index contributed by atoms with van der Waals surface area (Å²) >= 11 is 0. The molecule has 0 amide bonds. The Labute approximate surface area is 94.8 Å². The number of methoxy groups -OCH3 is 1. The maximum atomic E-state index is 11.3. The Hall–Kier alpha value is -1.71. The monoisotopic (exact) mass is 220 g/mol. The van der Waals surface area contributed by atoms with Crippen LogP contribution < -0.4 is 11.1 Å². The lowest BCUT2D eigenvalue weighted by atomic mass is 9.93. The standard InChI is InChI=1S/C12H16N2O2/c1-16-12(15)8-5-6-11(10(13)7-8)14-9-3-2-4-9/h5-7,9,14H,2-4,13H2,1H3. The quantitative estimate of drug-likeness (QED) is 0.604. The molecule has 1 saturated carbocycles. The molecule has 86 valence electrons. The molecule has 0 saturated heterocycles. The number of hydrogen-bond acceptors (Lipinski definition) is 4. The van der Waals surface area contributed by atoms with Crippen LogP contribution in [0.5, 0.6) is 0 Å². The number of carbonyl (C=O) groups is 1. The van der Waals surface area contributed by atoms with E-state index in [1.165, 1.54) is 26.4 Å². The van der Waals surface area contributed by atoms with Crippen molar-refractivity contribution in [3.05, 3.63) is 23.8 Å². The molecule has 0 aliphatic heterocycles. The van der Waals surface area contributed by atoms with Crippen molar-refractivity contribution in [1.82, 2.24) is 0 Å². The predicted octanol–water partition coefficient (Wildman–Crippen LogP) is 2.02. The summed E-state index contributed by atoms with van der Waals surface area (Å²) < 4.78 is 4.63. The van der Waals surface area contributed by atoms with Crippen molar-refractivity contribution in [2.45, 2.75) is 25.3 Å². The third-order valence-electron chi connectivity index (χ3n) is 2.94. The van der Waals surface area contributed by atoms with Crippen molar-refractivity contribution in [1.29, 1.82) is 0 Å². The molecule has 1 aromatic rings. The van der Waals surface area contributed by atoms with Gasteiger partial charge in [-0.05, 0) is 37.5 Å². The second-order valence-corrected chi connectivity index (χ2v) is 4.07. The molecule has 0 aromatic heterocycles. The number of ether oxygens (including phenoxy) is 1. The van der Waals surface area contributed by atoms with Crippen molar-refractivity contribution in [2.24, 2.45) is 0 Å². The van der Waals surface area contributed by atoms with Gasteiger partial charge in [-0.1, -0.05) is 0 Å². The van der Waals surface area contributed by atoms with Crippen LogP contribution in [0, 0.1) is 0 Å². The molecule has 1 fully saturated rings. The molecule has 0 spiro atoms. The van der Waals surface area contributed by atoms with Crippen molar-refractivity contribution < 1.29 is 9.53 Å². The number of nitrogen functional groups attached to an aromatic ring is 1. The average Bonchev–Trinajstić information content (AvgIpc) is 2.23. The van der Waals surface area contributed by atoms with Crippen molar-refractivity contribution in [2.75, 3.05) is 18.2 Å². The zero-order valence-electron chi connectivity index (χ0n) is 9.32. The van der Waals surface area contributed by atoms with Crippen molar-refractivity contribution in [3.8, 4) is 0 Å². The molecule has 0 bridgehead atoms. The highest BCUT2D eigenvalue weighted by molar-refractivity contribution is 5.91. The second-order valence-electron chi connectivity index (χ2n) is 4.07. The summed E-state index contributed by atoms with van der Waals surface area (Å²) in [4.78, 5) is 11.3. The number of esters is 1. The first-order valence-corrected chi connectivity index (χ1v) is 5.45. The van der Waals surface area contributed by atoms with Crippen LogP contribution in [0.25, 0.3) is 0 Å². The minimum atomic E-state index is -0.359. The van der Waals surface area contributed by atoms with Gasteiger partial charge in [0, 0.05) is 6.04 Å². The Morgan fingerprint density at radius 2 is 2.25 bits per heavy atom. The topological polar surface area (TPSA) is 64.3 Å². The van der Waals surface area contributed by atoms with Crippen LogP contribution in [0.3, 0.4) is 0 Å². The molecule has 16 heavy (non-hydrogen) atoms. The van der Waals surface area contributed by atoms with E-state index in [-0.39, 0.29) is 5.97 Å². The van der Waals surface area contributed by atoms with Gasteiger partial charge in [-0.2, -0.15) is 0 Å². The van der Waals surface area contributed by atoms with Crippen LogP contribution in [-0.2, 0) is 4.74 Å². The Balaban J connectivity index is 2.12. The van der Waals surface area contributed by atoms with E-state index in [1.54, 1.807) is 12.1 Å². The summed E-state index contributed by atoms with van der Waals surface area (Å²) in [6.07, 6.45) is 3.66. The Bertz CT molecular complexity index is 400. The fourth-order valence-electron chi connectivity index (χ4n) is 1.71. The largest absolute Gasteiger partial charge is 0.465 e. The second kappa shape index (κ2) is 4.43. The highest BCUT2D eigenvalue weighted by atomic mass is 16.5. The number of rotatable bonds is 3. The van der Waals surface area contributed by atoms with Gasteiger partial charge in [0.2, 0.25) is 0 Å². The summed E-state index contributed by atoms with van der Waals surface area (Å²) in [7, 11) is 1.36. The molecule has 4 heteroatoms. The normalized spacial score (nSPS) is 15.3. The smallest absolute Gasteiger partial charge is 0.337 e. The Morgan fingerprint density at radius 3 is 2.75 bits per heavy atom. The summed E-state index contributed by atoms with van der Waals surface area (Å²) in [6, 6.07) is 5.74. The first-order chi connectivity index (χ1) is 7.70. The Kier molecular flexibility index (Phi) is 2.99. The fourth-order valence-corrected chi connectivity index (χ4v) is 1.71. The van der Waals surface area contributed by atoms with E-state index in [4.69, 9.17) is 5.73 Å². The zero-order valence-corrected chi connectivity index (χ0v) is 9.32. The van der Waals surface area contributed by atoms with Crippen LogP contribution in [0.2, 0.25) is 0 Å². The van der Waals surface area contributed by atoms with Gasteiger partial charge in [-0.3, -0.25) is 0 Å². The molecular formula is C12H16N2O2. The van der Waals surface area contributed by atoms with Crippen LogP contribution in [0.1, 0.15) is 29.6 Å². The minimum absolute atomic E-state index is 0.359. The number of benzene rings is 1. The highest BCUT2D eigenvalue weighted by Gasteiger charge is 2.18. The average molecular weight is 220 g/mol. The van der Waals surface area contributed by atoms with Gasteiger partial charge >= 0.3 is 5.97 Å². The number of nitrogens with two attached hydrogens (primary N) is 1. The van der Waals surface area contributed by atoms with E-state index in [0.717, 1.165) is 5.69 Å². The number of carbonyl (C=O) groups excluding carboxylic acids is 1. The molecule has 1 aliphatic rings. The van der Waals surface area contributed by atoms with Gasteiger partial charge in [0.15, 0.2) is 0 Å². The highest BCUT2D eigenvalue weighted by Crippen LogP contribution is 2.27. The van der Waals surface area contributed by atoms with Gasteiger partial charge in [0.1, 0.15) is 0 Å². The predicted molar refractivity (Wildman–Crippen MR) is 63.5 cm³/mol. The van der Waals surface area contributed by atoms with Crippen LogP contribution in [0.15, 0.2) is 18.2 Å². The SMILES string of the molecule is COC(=O)c1ccc(NC2CCC2)c(N)c1. The van der Waals surface area contributed by atoms with E-state index in [9.17, 15) is 4.79 Å². The maximum absolute atomic E-state index is 11.3. The van der Waals surface area contributed by atoms with E-state index < -0.39 is 0 Å². The molecule has 2 rings (SSSR count). The van der Waals surface area contributed by atoms with E-state index >= 15 is 0 Å². The number of anilines is 2. The number of nitrogens with one attached hydrogen (secondary N) is 1. The van der Waals surface area contributed by atoms with Gasteiger partial charge < -0.3 is 15.8 Å². The lowest BCUT2D eigenvalue weighted by Gasteiger charge is -2.28. The van der Waals surface area contributed by atoms with Crippen LogP contribution in [-0.4, -0.2) is 19.1 Å². The van der Waals surface area contributed by atoms with Crippen LogP contribution in [0.4, 0.5) is 11.4 Å². The van der Waals surface area contributed by atoms with Gasteiger partial charge in [0.25, 0.3) is 0 Å². The molecule has 0 radical (unpaired) electrons. The third-order valence-corrected chi connectivity index (χ3v) is 2.94. The van der Waals surface area contributed by atoms with E-state index in [2.05, 4.69) is 10.1 Å². The Morgan fingerprint density at radius 1 is 1.50 bits per heavy atom. The van der Waals surface area contributed by atoms with Crippen molar-refractivity contribution >= 4 is 17.3 Å². The molecule has 1 aromatic carbocycles. The molecule has 4 nitrogen and oxygen atoms in total. The summed E-state index contributed by atoms with van der Waals surface area (Å²) in [5.74, 6) is -0.359. The van der Waals surface area contributed by atoms with Gasteiger partial charge in [-0.15, -0.1) is 0 Å². The minimum Gasteiger partial charge on any atom is -0.465 e. The van der Waals surface area contributed by atoms with Gasteiger partial charge in [0.05, 0.1) is 24.0 Å². The molecule has 1 aliphatic carbocycles. The molecule has 0 atom stereocenters. The van der Waals surface area contributed by atoms with Crippen LogP contribution >= 0.6 is 0 Å². The first kappa shape index (κ1) is 10.8. The molecule has 0 heterocycles. The van der Waals surface area contributed by atoms with E-state index in [1.807, 2.05) is 6.07 Å². The molecule has 0 unspecified atom stereocenters. The van der Waals surface area contributed by atoms with Gasteiger partial charge in [-0.25, -0.2) is 4.79 Å². The maximum Gasteiger partial charge on any atom is 0.337 e. The molecular weight excluding hydrogens is 204 g/mol. The summed E-state index contributed by atoms with van der Waals surface area (Å²) in [5.41, 5.74) is 7.85. The van der Waals surface area contributed by atoms with Crippen molar-refractivity contribution in [3.63, 3.8) is 0 Å². The zero-order chi connectivity index (χ0) is 11.5.